The summed E-state index contributed by atoms with van der Waals surface area (Å²) in [5, 5.41) is -0.00310. The Kier molecular flexibility index (Phi) is 6.70. The van der Waals surface area contributed by atoms with E-state index in [1.807, 2.05) is 30.3 Å². The van der Waals surface area contributed by atoms with Gasteiger partial charge in [0.05, 0.1) is 18.2 Å². The van der Waals surface area contributed by atoms with Crippen LogP contribution in [0.5, 0.6) is 5.75 Å². The van der Waals surface area contributed by atoms with Crippen LogP contribution >= 0.6 is 11.6 Å². The van der Waals surface area contributed by atoms with Gasteiger partial charge in [-0.15, -0.1) is 0 Å². The van der Waals surface area contributed by atoms with Crippen LogP contribution in [-0.2, 0) is 15.7 Å². The van der Waals surface area contributed by atoms with Gasteiger partial charge >= 0.3 is 12.1 Å². The lowest BCUT2D eigenvalue weighted by Gasteiger charge is -2.22. The summed E-state index contributed by atoms with van der Waals surface area (Å²) in [5.74, 6) is -0.581. The zero-order chi connectivity index (χ0) is 22.9. The number of esters is 1. The monoisotopic (exact) mass is 466 g/mol. The molecule has 0 aliphatic heterocycles. The van der Waals surface area contributed by atoms with E-state index in [0.29, 0.717) is 25.0 Å². The molecule has 0 N–H and O–H groups in total. The molecular formula is C25H26ClF3O3. The van der Waals surface area contributed by atoms with Crippen LogP contribution in [0, 0.1) is 11.8 Å². The average Bonchev–Trinajstić information content (AvgIpc) is 3.66. The van der Waals surface area contributed by atoms with Gasteiger partial charge in [-0.2, -0.15) is 13.2 Å². The van der Waals surface area contributed by atoms with Gasteiger partial charge in [-0.1, -0.05) is 41.9 Å². The van der Waals surface area contributed by atoms with Crippen LogP contribution in [0.25, 0.3) is 11.1 Å². The lowest BCUT2D eigenvalue weighted by molar-refractivity contribution is -0.143. The van der Waals surface area contributed by atoms with Crippen LogP contribution in [0.15, 0.2) is 36.4 Å². The molecule has 2 unspecified atom stereocenters. The van der Waals surface area contributed by atoms with Crippen molar-refractivity contribution in [1.82, 2.24) is 0 Å². The van der Waals surface area contributed by atoms with E-state index >= 15 is 0 Å². The molecule has 2 aromatic rings. The molecule has 0 aromatic heterocycles. The largest absolute Gasteiger partial charge is 0.491 e. The minimum absolute atomic E-state index is 0.00147. The number of benzene rings is 2. The van der Waals surface area contributed by atoms with Crippen LogP contribution in [0.1, 0.15) is 56.1 Å². The molecule has 32 heavy (non-hydrogen) atoms. The molecule has 2 aliphatic rings. The number of halogens is 4. The van der Waals surface area contributed by atoms with Crippen molar-refractivity contribution >= 4 is 17.6 Å². The third kappa shape index (κ3) is 5.22. The minimum Gasteiger partial charge on any atom is -0.491 e. The maximum absolute atomic E-state index is 14.3. The van der Waals surface area contributed by atoms with Crippen molar-refractivity contribution in [3.8, 4) is 16.9 Å². The highest BCUT2D eigenvalue weighted by Crippen LogP contribution is 2.57. The van der Waals surface area contributed by atoms with Crippen molar-refractivity contribution in [2.24, 2.45) is 11.8 Å². The fraction of sp³-hybridized carbons (Fsp3) is 0.480. The molecule has 0 radical (unpaired) electrons. The van der Waals surface area contributed by atoms with Gasteiger partial charge in [-0.25, -0.2) is 0 Å². The summed E-state index contributed by atoms with van der Waals surface area (Å²) >= 11 is 6.54. The molecule has 3 nitrogen and oxygen atoms in total. The van der Waals surface area contributed by atoms with E-state index in [4.69, 9.17) is 21.1 Å². The number of rotatable bonds is 9. The molecule has 2 atom stereocenters. The van der Waals surface area contributed by atoms with E-state index < -0.39 is 11.7 Å². The normalized spacial score (nSPS) is 20.2. The number of carbonyl (C=O) groups is 1. The Labute approximate surface area is 190 Å². The predicted molar refractivity (Wildman–Crippen MR) is 117 cm³/mol. The van der Waals surface area contributed by atoms with Crippen LogP contribution < -0.4 is 4.74 Å². The SMILES string of the molecule is CCOC(=O)CCC1CC1c1cc(-c2ccccc2)c(Cl)c(OCC2CC2)c1C(F)(F)F. The Morgan fingerprint density at radius 2 is 1.91 bits per heavy atom. The van der Waals surface area contributed by atoms with Crippen LogP contribution in [-0.4, -0.2) is 19.2 Å². The summed E-state index contributed by atoms with van der Waals surface area (Å²) < 4.78 is 53.5. The molecule has 172 valence electrons. The topological polar surface area (TPSA) is 35.5 Å². The fourth-order valence-electron chi connectivity index (χ4n) is 4.17. The van der Waals surface area contributed by atoms with E-state index in [2.05, 4.69) is 0 Å². The standard InChI is InChI=1S/C25H26ClF3O3/c1-2-31-21(30)11-10-17-12-18(17)20-13-19(16-6-4-3-5-7-16)23(26)24(22(20)25(27,28)29)32-14-15-8-9-15/h3-7,13,15,17-18H,2,8-12,14H2,1H3. The number of alkyl halides is 3. The van der Waals surface area contributed by atoms with E-state index in [1.165, 1.54) is 0 Å². The lowest BCUT2D eigenvalue weighted by Crippen LogP contribution is -2.14. The Hall–Kier alpha value is -2.21. The molecule has 2 aliphatic carbocycles. The van der Waals surface area contributed by atoms with E-state index in [-0.39, 0.29) is 53.1 Å². The molecule has 0 bridgehead atoms. The first-order chi connectivity index (χ1) is 15.3. The number of carbonyl (C=O) groups excluding carboxylic acids is 1. The molecule has 0 heterocycles. The molecule has 2 aromatic carbocycles. The smallest absolute Gasteiger partial charge is 0.420 e. The van der Waals surface area contributed by atoms with Gasteiger partial charge in [-0.05, 0) is 67.6 Å². The fourth-order valence-corrected chi connectivity index (χ4v) is 4.48. The van der Waals surface area contributed by atoms with Gasteiger partial charge in [0, 0.05) is 12.0 Å². The minimum atomic E-state index is -4.60. The zero-order valence-electron chi connectivity index (χ0n) is 17.9. The first-order valence-electron chi connectivity index (χ1n) is 11.1. The first kappa shape index (κ1) is 23.0. The summed E-state index contributed by atoms with van der Waals surface area (Å²) in [6, 6.07) is 10.7. The van der Waals surface area contributed by atoms with Gasteiger partial charge in [0.1, 0.15) is 5.56 Å². The molecule has 2 saturated carbocycles. The molecule has 0 saturated heterocycles. The van der Waals surface area contributed by atoms with Crippen molar-refractivity contribution in [2.45, 2.75) is 51.1 Å². The van der Waals surface area contributed by atoms with E-state index in [9.17, 15) is 18.0 Å². The molecule has 4 rings (SSSR count). The van der Waals surface area contributed by atoms with Crippen molar-refractivity contribution in [3.05, 3.63) is 52.5 Å². The summed E-state index contributed by atoms with van der Waals surface area (Å²) in [6.45, 7) is 2.26. The highest BCUT2D eigenvalue weighted by atomic mass is 35.5. The third-order valence-electron chi connectivity index (χ3n) is 6.13. The van der Waals surface area contributed by atoms with E-state index in [1.54, 1.807) is 13.0 Å². The van der Waals surface area contributed by atoms with Crippen molar-refractivity contribution in [2.75, 3.05) is 13.2 Å². The van der Waals surface area contributed by atoms with Crippen LogP contribution in [0.3, 0.4) is 0 Å². The van der Waals surface area contributed by atoms with Gasteiger partial charge in [-0.3, -0.25) is 4.79 Å². The Bertz CT molecular complexity index is 971. The number of hydrogen-bond acceptors (Lipinski definition) is 3. The Morgan fingerprint density at radius 1 is 1.19 bits per heavy atom. The second-order valence-electron chi connectivity index (χ2n) is 8.60. The van der Waals surface area contributed by atoms with Crippen LogP contribution in [0.4, 0.5) is 13.2 Å². The molecular weight excluding hydrogens is 441 g/mol. The molecule has 0 spiro atoms. The summed E-state index contributed by atoms with van der Waals surface area (Å²) in [7, 11) is 0. The van der Waals surface area contributed by atoms with Crippen molar-refractivity contribution in [1.29, 1.82) is 0 Å². The number of hydrogen-bond donors (Lipinski definition) is 0. The summed E-state index contributed by atoms with van der Waals surface area (Å²) in [4.78, 5) is 11.7. The lowest BCUT2D eigenvalue weighted by atomic mass is 9.93. The van der Waals surface area contributed by atoms with Crippen molar-refractivity contribution < 1.29 is 27.4 Å². The summed E-state index contributed by atoms with van der Waals surface area (Å²) in [6.07, 6.45) is -1.36. The first-order valence-corrected chi connectivity index (χ1v) is 11.4. The van der Waals surface area contributed by atoms with Gasteiger partial charge in [0.25, 0.3) is 0 Å². The molecule has 7 heteroatoms. The predicted octanol–water partition coefficient (Wildman–Crippen LogP) is 7.26. The summed E-state index contributed by atoms with van der Waals surface area (Å²) in [5.41, 5.74) is 0.719. The Balaban J connectivity index is 1.72. The zero-order valence-corrected chi connectivity index (χ0v) is 18.6. The third-order valence-corrected chi connectivity index (χ3v) is 6.50. The van der Waals surface area contributed by atoms with Gasteiger partial charge in [0.15, 0.2) is 5.75 Å². The molecule has 0 amide bonds. The number of ether oxygens (including phenoxy) is 2. The second kappa shape index (κ2) is 9.34. The average molecular weight is 467 g/mol. The van der Waals surface area contributed by atoms with Crippen LogP contribution in [0.2, 0.25) is 5.02 Å². The quantitative estimate of drug-likeness (QED) is 0.365. The maximum atomic E-state index is 14.3. The van der Waals surface area contributed by atoms with E-state index in [0.717, 1.165) is 18.4 Å². The molecule has 2 fully saturated rings. The van der Waals surface area contributed by atoms with Crippen molar-refractivity contribution in [3.63, 3.8) is 0 Å². The van der Waals surface area contributed by atoms with Gasteiger partial charge in [0.2, 0.25) is 0 Å². The maximum Gasteiger partial charge on any atom is 0.420 e. The highest BCUT2D eigenvalue weighted by Gasteiger charge is 2.47. The Morgan fingerprint density at radius 3 is 2.53 bits per heavy atom. The highest BCUT2D eigenvalue weighted by molar-refractivity contribution is 6.35. The van der Waals surface area contributed by atoms with Gasteiger partial charge < -0.3 is 9.47 Å². The second-order valence-corrected chi connectivity index (χ2v) is 8.97.